The van der Waals surface area contributed by atoms with E-state index in [1.54, 1.807) is 6.92 Å². The lowest BCUT2D eigenvalue weighted by atomic mass is 10.0. The second-order valence-electron chi connectivity index (χ2n) is 8.01. The third-order valence-corrected chi connectivity index (χ3v) is 9.44. The molecular weight excluding hydrogens is 350 g/mol. The molecule has 0 spiro atoms. The topological polar surface area (TPSA) is 84.9 Å². The van der Waals surface area contributed by atoms with Gasteiger partial charge in [0.05, 0.1) is 18.6 Å². The zero-order valence-electron chi connectivity index (χ0n) is 16.5. The minimum Gasteiger partial charge on any atom is -0.481 e. The smallest absolute Gasteiger partial charge is 0.407 e. The van der Waals surface area contributed by atoms with Gasteiger partial charge in [0.2, 0.25) is 0 Å². The molecule has 2 unspecified atom stereocenters. The highest BCUT2D eigenvalue weighted by atomic mass is 28.4. The van der Waals surface area contributed by atoms with Crippen LogP contribution in [0.5, 0.6) is 0 Å². The Bertz CT molecular complexity index is 598. The van der Waals surface area contributed by atoms with Crippen molar-refractivity contribution in [3.05, 3.63) is 35.9 Å². The summed E-state index contributed by atoms with van der Waals surface area (Å²) >= 11 is 0. The number of alkyl carbamates (subject to hydrolysis) is 1. The lowest BCUT2D eigenvalue weighted by molar-refractivity contribution is -0.142. The number of carboxylic acids is 1. The highest BCUT2D eigenvalue weighted by Gasteiger charge is 2.38. The van der Waals surface area contributed by atoms with E-state index in [1.165, 1.54) is 0 Å². The van der Waals surface area contributed by atoms with Crippen molar-refractivity contribution in [1.29, 1.82) is 0 Å². The molecule has 2 atom stereocenters. The number of carboxylic acid groups (broad SMARTS) is 1. The van der Waals surface area contributed by atoms with Gasteiger partial charge in [-0.1, -0.05) is 51.1 Å². The second kappa shape index (κ2) is 9.18. The van der Waals surface area contributed by atoms with Gasteiger partial charge in [0.1, 0.15) is 6.61 Å². The molecule has 1 amide bonds. The molecule has 146 valence electrons. The third kappa shape index (κ3) is 6.80. The van der Waals surface area contributed by atoms with E-state index in [9.17, 15) is 14.7 Å². The third-order valence-electron chi connectivity index (χ3n) is 4.94. The minimum atomic E-state index is -2.06. The maximum Gasteiger partial charge on any atom is 0.407 e. The van der Waals surface area contributed by atoms with Crippen molar-refractivity contribution in [3.63, 3.8) is 0 Å². The average Bonchev–Trinajstić information content (AvgIpc) is 2.56. The molecule has 1 aromatic carbocycles. The maximum absolute atomic E-state index is 12.1. The van der Waals surface area contributed by atoms with Crippen LogP contribution in [0.3, 0.4) is 0 Å². The van der Waals surface area contributed by atoms with Crippen molar-refractivity contribution < 1.29 is 23.9 Å². The summed E-state index contributed by atoms with van der Waals surface area (Å²) < 4.78 is 11.3. The van der Waals surface area contributed by atoms with Gasteiger partial charge in [0, 0.05) is 0 Å². The molecule has 0 aromatic heterocycles. The van der Waals surface area contributed by atoms with E-state index in [0.29, 0.717) is 0 Å². The monoisotopic (exact) mass is 381 g/mol. The Morgan fingerprint density at radius 2 is 1.77 bits per heavy atom. The maximum atomic E-state index is 12.1. The summed E-state index contributed by atoms with van der Waals surface area (Å²) in [5, 5.41) is 12.0. The van der Waals surface area contributed by atoms with Gasteiger partial charge < -0.3 is 19.6 Å². The molecule has 0 heterocycles. The van der Waals surface area contributed by atoms with Gasteiger partial charge in [0.25, 0.3) is 0 Å². The van der Waals surface area contributed by atoms with Crippen molar-refractivity contribution >= 4 is 20.4 Å². The van der Waals surface area contributed by atoms with Gasteiger partial charge in [-0.05, 0) is 30.6 Å². The fraction of sp³-hybridized carbons (Fsp3) is 0.579. The van der Waals surface area contributed by atoms with Crippen LogP contribution in [0.25, 0.3) is 0 Å². The van der Waals surface area contributed by atoms with Gasteiger partial charge in [-0.2, -0.15) is 0 Å². The molecule has 0 fully saturated rings. The van der Waals surface area contributed by atoms with Crippen LogP contribution in [0, 0.1) is 5.92 Å². The molecule has 0 radical (unpaired) electrons. The molecule has 26 heavy (non-hydrogen) atoms. The van der Waals surface area contributed by atoms with Crippen LogP contribution in [-0.4, -0.2) is 38.1 Å². The molecule has 2 N–H and O–H groups in total. The van der Waals surface area contributed by atoms with Gasteiger partial charge in [0.15, 0.2) is 8.32 Å². The van der Waals surface area contributed by atoms with Gasteiger partial charge >= 0.3 is 12.1 Å². The van der Waals surface area contributed by atoms with Crippen LogP contribution in [0.2, 0.25) is 18.1 Å². The summed E-state index contributed by atoms with van der Waals surface area (Å²) in [6.45, 7) is 12.3. The molecule has 0 aliphatic rings. The zero-order valence-corrected chi connectivity index (χ0v) is 17.5. The first-order valence-corrected chi connectivity index (χ1v) is 11.7. The number of carbonyl (C=O) groups is 2. The van der Waals surface area contributed by atoms with Crippen molar-refractivity contribution in [2.75, 3.05) is 6.61 Å². The van der Waals surface area contributed by atoms with Crippen molar-refractivity contribution in [2.24, 2.45) is 5.92 Å². The van der Waals surface area contributed by atoms with Crippen molar-refractivity contribution in [2.45, 2.75) is 58.5 Å². The van der Waals surface area contributed by atoms with E-state index in [2.05, 4.69) is 39.2 Å². The van der Waals surface area contributed by atoms with Crippen LogP contribution in [0.4, 0.5) is 4.79 Å². The molecule has 0 saturated heterocycles. The molecule has 0 aliphatic carbocycles. The number of hydrogen-bond donors (Lipinski definition) is 2. The summed E-state index contributed by atoms with van der Waals surface area (Å²) in [4.78, 5) is 23.5. The molecule has 1 aromatic rings. The van der Waals surface area contributed by atoms with E-state index in [1.807, 2.05) is 30.3 Å². The number of aliphatic carboxylic acids is 1. The Morgan fingerprint density at radius 1 is 1.19 bits per heavy atom. The summed E-state index contributed by atoms with van der Waals surface area (Å²) in [6, 6.07) is 8.64. The first kappa shape index (κ1) is 22.2. The molecule has 0 bridgehead atoms. The van der Waals surface area contributed by atoms with Crippen LogP contribution in [0.1, 0.15) is 33.3 Å². The number of benzene rings is 1. The molecule has 1 rings (SSSR count). The summed E-state index contributed by atoms with van der Waals surface area (Å²) in [5.41, 5.74) is 0.864. The fourth-order valence-corrected chi connectivity index (χ4v) is 2.94. The van der Waals surface area contributed by atoms with Gasteiger partial charge in [-0.25, -0.2) is 4.79 Å². The van der Waals surface area contributed by atoms with Gasteiger partial charge in [-0.3, -0.25) is 4.79 Å². The van der Waals surface area contributed by atoms with E-state index in [4.69, 9.17) is 9.16 Å². The average molecular weight is 382 g/mol. The molecule has 0 saturated carbocycles. The fourth-order valence-electron chi connectivity index (χ4n) is 1.91. The molecule has 0 aliphatic heterocycles. The Balaban J connectivity index is 2.68. The Hall–Kier alpha value is -1.86. The number of carbonyl (C=O) groups excluding carboxylic acids is 1. The first-order valence-electron chi connectivity index (χ1n) is 8.78. The van der Waals surface area contributed by atoms with E-state index in [0.717, 1.165) is 5.56 Å². The Labute approximate surface area is 157 Å². The highest BCUT2D eigenvalue weighted by Crippen LogP contribution is 2.36. The van der Waals surface area contributed by atoms with Gasteiger partial charge in [-0.15, -0.1) is 0 Å². The highest BCUT2D eigenvalue weighted by molar-refractivity contribution is 6.74. The second-order valence-corrected chi connectivity index (χ2v) is 12.8. The SMILES string of the molecule is CC(C(=O)O)C(CO[Si](C)(C)C(C)(C)C)NC(=O)OCc1ccccc1. The van der Waals surface area contributed by atoms with E-state index in [-0.39, 0.29) is 18.3 Å². The van der Waals surface area contributed by atoms with Crippen LogP contribution >= 0.6 is 0 Å². The largest absolute Gasteiger partial charge is 0.481 e. The predicted molar refractivity (Wildman–Crippen MR) is 103 cm³/mol. The first-order chi connectivity index (χ1) is 11.9. The Morgan fingerprint density at radius 3 is 2.27 bits per heavy atom. The number of amides is 1. The normalized spacial score (nSPS) is 14.4. The van der Waals surface area contributed by atoms with E-state index < -0.39 is 32.3 Å². The Kier molecular flexibility index (Phi) is 7.83. The van der Waals surface area contributed by atoms with Crippen LogP contribution < -0.4 is 5.32 Å². The van der Waals surface area contributed by atoms with Crippen molar-refractivity contribution in [3.8, 4) is 0 Å². The summed E-state index contributed by atoms with van der Waals surface area (Å²) in [7, 11) is -2.06. The number of ether oxygens (including phenoxy) is 1. The van der Waals surface area contributed by atoms with Crippen LogP contribution in [-0.2, 0) is 20.6 Å². The quantitative estimate of drug-likeness (QED) is 0.664. The lowest BCUT2D eigenvalue weighted by Gasteiger charge is -2.37. The molecular formula is C19H31NO5Si. The molecule has 6 nitrogen and oxygen atoms in total. The lowest BCUT2D eigenvalue weighted by Crippen LogP contribution is -2.50. The summed E-state index contributed by atoms with van der Waals surface area (Å²) in [6.07, 6.45) is -0.647. The van der Waals surface area contributed by atoms with E-state index >= 15 is 0 Å². The standard InChI is InChI=1S/C19H31NO5Si/c1-14(17(21)22)16(13-25-26(5,6)19(2,3)4)20-18(23)24-12-15-10-8-7-9-11-15/h7-11,14,16H,12-13H2,1-6H3,(H,20,23)(H,21,22). The number of hydrogen-bond acceptors (Lipinski definition) is 4. The summed E-state index contributed by atoms with van der Waals surface area (Å²) in [5.74, 6) is -1.78. The number of nitrogens with one attached hydrogen (secondary N) is 1. The predicted octanol–water partition coefficient (Wildman–Crippen LogP) is 4.02. The van der Waals surface area contributed by atoms with Crippen LogP contribution in [0.15, 0.2) is 30.3 Å². The zero-order chi connectivity index (χ0) is 20.0. The number of rotatable bonds is 8. The molecule has 7 heteroatoms. The van der Waals surface area contributed by atoms with Crippen molar-refractivity contribution in [1.82, 2.24) is 5.32 Å². The minimum absolute atomic E-state index is 0.00215.